The normalized spacial score (nSPS) is 23.4. The number of phenols is 1. The maximum absolute atomic E-state index is 13.3. The van der Waals surface area contributed by atoms with Crippen LogP contribution in [-0.4, -0.2) is 42.1 Å². The van der Waals surface area contributed by atoms with Crippen molar-refractivity contribution in [3.63, 3.8) is 0 Å². The minimum absolute atomic E-state index is 0.169. The minimum atomic E-state index is -0.169. The summed E-state index contributed by atoms with van der Waals surface area (Å²) in [5.74, 6) is 1.53. The summed E-state index contributed by atoms with van der Waals surface area (Å²) in [6, 6.07) is 17.2. The summed E-state index contributed by atoms with van der Waals surface area (Å²) in [4.78, 5) is 15.4. The second-order valence-electron chi connectivity index (χ2n) is 7.26. The van der Waals surface area contributed by atoms with Crippen molar-refractivity contribution in [3.8, 4) is 5.75 Å². The number of carbonyl (C=O) groups is 1. The molecule has 2 saturated heterocycles. The maximum Gasteiger partial charge on any atom is 0.230 e. The van der Waals surface area contributed by atoms with Crippen LogP contribution in [-0.2, 0) is 11.2 Å². The van der Waals surface area contributed by atoms with Gasteiger partial charge in [-0.25, -0.2) is 0 Å². The average Bonchev–Trinajstić information content (AvgIpc) is 3.23. The number of carbonyl (C=O) groups excluding carboxylic acids is 1. The molecule has 2 heterocycles. The van der Waals surface area contributed by atoms with Crippen LogP contribution in [0.1, 0.15) is 17.0 Å². The van der Waals surface area contributed by atoms with E-state index in [1.54, 1.807) is 12.1 Å². The van der Waals surface area contributed by atoms with Crippen molar-refractivity contribution in [1.82, 2.24) is 10.2 Å². The van der Waals surface area contributed by atoms with Crippen molar-refractivity contribution in [2.45, 2.75) is 12.3 Å². The SMILES string of the molecule is O=C(C(Cc1ccc(O)cc1)c1ccccc1)N1C[C@H]2CNC[C@H]2C1. The van der Waals surface area contributed by atoms with E-state index in [-0.39, 0.29) is 17.6 Å². The van der Waals surface area contributed by atoms with Gasteiger partial charge in [0.25, 0.3) is 0 Å². The zero-order valence-electron chi connectivity index (χ0n) is 14.3. The van der Waals surface area contributed by atoms with E-state index in [1.165, 1.54) is 0 Å². The first-order valence-corrected chi connectivity index (χ1v) is 9.03. The van der Waals surface area contributed by atoms with Gasteiger partial charge in [-0.3, -0.25) is 4.79 Å². The van der Waals surface area contributed by atoms with Crippen molar-refractivity contribution in [3.05, 3.63) is 65.7 Å². The number of aromatic hydroxyl groups is 1. The first kappa shape index (κ1) is 16.2. The first-order chi connectivity index (χ1) is 12.2. The smallest absolute Gasteiger partial charge is 0.230 e. The van der Waals surface area contributed by atoms with Gasteiger partial charge in [-0.2, -0.15) is 0 Å². The number of nitrogens with zero attached hydrogens (tertiary/aromatic N) is 1. The lowest BCUT2D eigenvalue weighted by Crippen LogP contribution is -2.36. The molecule has 1 unspecified atom stereocenters. The van der Waals surface area contributed by atoms with Crippen molar-refractivity contribution in [1.29, 1.82) is 0 Å². The molecule has 3 atom stereocenters. The predicted molar refractivity (Wildman–Crippen MR) is 97.4 cm³/mol. The molecule has 2 aliphatic rings. The molecule has 0 aliphatic carbocycles. The van der Waals surface area contributed by atoms with Gasteiger partial charge in [-0.15, -0.1) is 0 Å². The van der Waals surface area contributed by atoms with Gasteiger partial charge in [-0.1, -0.05) is 42.5 Å². The lowest BCUT2D eigenvalue weighted by Gasteiger charge is -2.25. The van der Waals surface area contributed by atoms with Gasteiger partial charge in [-0.05, 0) is 41.5 Å². The Hall–Kier alpha value is -2.33. The summed E-state index contributed by atoms with van der Waals surface area (Å²) in [5.41, 5.74) is 2.14. The van der Waals surface area contributed by atoms with Gasteiger partial charge in [0.05, 0.1) is 5.92 Å². The van der Waals surface area contributed by atoms with Crippen LogP contribution in [0.3, 0.4) is 0 Å². The van der Waals surface area contributed by atoms with Crippen LogP contribution in [0.15, 0.2) is 54.6 Å². The third-order valence-corrected chi connectivity index (χ3v) is 5.58. The van der Waals surface area contributed by atoms with E-state index in [0.29, 0.717) is 18.3 Å². The molecule has 0 bridgehead atoms. The van der Waals surface area contributed by atoms with Crippen LogP contribution in [0.4, 0.5) is 0 Å². The van der Waals surface area contributed by atoms with Crippen molar-refractivity contribution >= 4 is 5.91 Å². The van der Waals surface area contributed by atoms with E-state index < -0.39 is 0 Å². The van der Waals surface area contributed by atoms with Gasteiger partial charge in [0.1, 0.15) is 5.75 Å². The summed E-state index contributed by atoms with van der Waals surface area (Å²) in [6.07, 6.45) is 0.660. The van der Waals surface area contributed by atoms with E-state index in [9.17, 15) is 9.90 Å². The number of hydrogen-bond acceptors (Lipinski definition) is 3. The molecule has 4 nitrogen and oxygen atoms in total. The molecule has 2 aromatic rings. The average molecular weight is 336 g/mol. The summed E-state index contributed by atoms with van der Waals surface area (Å²) in [6.45, 7) is 3.80. The van der Waals surface area contributed by atoms with E-state index in [0.717, 1.165) is 37.3 Å². The quantitative estimate of drug-likeness (QED) is 0.901. The fourth-order valence-corrected chi connectivity index (χ4v) is 4.16. The molecule has 0 aromatic heterocycles. The Morgan fingerprint density at radius 2 is 1.68 bits per heavy atom. The number of amides is 1. The number of rotatable bonds is 4. The highest BCUT2D eigenvalue weighted by Crippen LogP contribution is 2.31. The Balaban J connectivity index is 1.56. The minimum Gasteiger partial charge on any atom is -0.508 e. The molecule has 0 radical (unpaired) electrons. The number of fused-ring (bicyclic) bond motifs is 1. The molecule has 2 aliphatic heterocycles. The lowest BCUT2D eigenvalue weighted by molar-refractivity contribution is -0.132. The fraction of sp³-hybridized carbons (Fsp3) is 0.381. The van der Waals surface area contributed by atoms with Crippen LogP contribution < -0.4 is 5.32 Å². The van der Waals surface area contributed by atoms with Crippen LogP contribution in [0, 0.1) is 11.8 Å². The van der Waals surface area contributed by atoms with Gasteiger partial charge in [0.2, 0.25) is 5.91 Å². The molecule has 2 aromatic carbocycles. The molecule has 2 fully saturated rings. The van der Waals surface area contributed by atoms with E-state index in [1.807, 2.05) is 42.5 Å². The van der Waals surface area contributed by atoms with E-state index in [4.69, 9.17) is 0 Å². The number of likely N-dealkylation sites (tertiary alicyclic amines) is 1. The molecular weight excluding hydrogens is 312 g/mol. The molecule has 0 spiro atoms. The second-order valence-corrected chi connectivity index (χ2v) is 7.26. The number of benzene rings is 2. The Kier molecular flexibility index (Phi) is 4.45. The van der Waals surface area contributed by atoms with Crippen molar-refractivity contribution < 1.29 is 9.90 Å². The molecular formula is C21H24N2O2. The summed E-state index contributed by atoms with van der Waals surface area (Å²) >= 11 is 0. The van der Waals surface area contributed by atoms with Gasteiger partial charge < -0.3 is 15.3 Å². The molecule has 25 heavy (non-hydrogen) atoms. The highest BCUT2D eigenvalue weighted by atomic mass is 16.3. The molecule has 0 saturated carbocycles. The monoisotopic (exact) mass is 336 g/mol. The highest BCUT2D eigenvalue weighted by molar-refractivity contribution is 5.84. The van der Waals surface area contributed by atoms with Gasteiger partial charge >= 0.3 is 0 Å². The van der Waals surface area contributed by atoms with Gasteiger partial charge in [0, 0.05) is 26.2 Å². The predicted octanol–water partition coefficient (Wildman–Crippen LogP) is 2.40. The summed E-state index contributed by atoms with van der Waals surface area (Å²) in [5, 5.41) is 12.9. The van der Waals surface area contributed by atoms with E-state index in [2.05, 4.69) is 10.2 Å². The number of phenolic OH excluding ortho intramolecular Hbond substituents is 1. The Morgan fingerprint density at radius 3 is 2.32 bits per heavy atom. The van der Waals surface area contributed by atoms with Crippen LogP contribution in [0.2, 0.25) is 0 Å². The van der Waals surface area contributed by atoms with Crippen molar-refractivity contribution in [2.24, 2.45) is 11.8 Å². The maximum atomic E-state index is 13.3. The molecule has 4 heteroatoms. The largest absolute Gasteiger partial charge is 0.508 e. The zero-order chi connectivity index (χ0) is 17.2. The Morgan fingerprint density at radius 1 is 1.04 bits per heavy atom. The van der Waals surface area contributed by atoms with E-state index >= 15 is 0 Å². The topological polar surface area (TPSA) is 52.6 Å². The Bertz CT molecular complexity index is 717. The van der Waals surface area contributed by atoms with Crippen LogP contribution in [0.5, 0.6) is 5.75 Å². The lowest BCUT2D eigenvalue weighted by atomic mass is 9.90. The fourth-order valence-electron chi connectivity index (χ4n) is 4.16. The summed E-state index contributed by atoms with van der Waals surface area (Å²) < 4.78 is 0. The third kappa shape index (κ3) is 3.40. The number of nitrogens with one attached hydrogen (secondary N) is 1. The zero-order valence-corrected chi connectivity index (χ0v) is 14.3. The molecule has 2 N–H and O–H groups in total. The second kappa shape index (κ2) is 6.89. The van der Waals surface area contributed by atoms with Crippen molar-refractivity contribution in [2.75, 3.05) is 26.2 Å². The first-order valence-electron chi connectivity index (χ1n) is 9.03. The standard InChI is InChI=1S/C21H24N2O2/c24-19-8-6-15(7-9-19)10-20(16-4-2-1-3-5-16)21(25)23-13-17-11-22-12-18(17)14-23/h1-9,17-18,20,22,24H,10-14H2/t17-,18+,20?. The number of hydrogen-bond donors (Lipinski definition) is 2. The molecule has 4 rings (SSSR count). The third-order valence-electron chi connectivity index (χ3n) is 5.58. The highest BCUT2D eigenvalue weighted by Gasteiger charge is 2.40. The van der Waals surface area contributed by atoms with Gasteiger partial charge in [0.15, 0.2) is 0 Å². The molecule has 1 amide bonds. The van der Waals surface area contributed by atoms with Crippen LogP contribution >= 0.6 is 0 Å². The summed E-state index contributed by atoms with van der Waals surface area (Å²) in [7, 11) is 0. The molecule has 130 valence electrons. The Labute approximate surface area is 148 Å². The van der Waals surface area contributed by atoms with Crippen LogP contribution in [0.25, 0.3) is 0 Å².